The highest BCUT2D eigenvalue weighted by Crippen LogP contribution is 2.42. The number of ketones is 1. The molecule has 3 rings (SSSR count). The maximum Gasteiger partial charge on any atom is 0.198 e. The molecule has 0 unspecified atom stereocenters. The summed E-state index contributed by atoms with van der Waals surface area (Å²) in [6, 6.07) is 8.75. The van der Waals surface area contributed by atoms with Gasteiger partial charge in [0.25, 0.3) is 0 Å². The highest BCUT2D eigenvalue weighted by Gasteiger charge is 2.47. The lowest BCUT2D eigenvalue weighted by molar-refractivity contribution is -0.158. The van der Waals surface area contributed by atoms with E-state index >= 15 is 0 Å². The molecule has 0 aromatic heterocycles. The molecule has 0 saturated heterocycles. The van der Waals surface area contributed by atoms with Gasteiger partial charge in [-0.25, -0.2) is 4.39 Å². The Bertz CT molecular complexity index is 1030. The molecule has 29 heavy (non-hydrogen) atoms. The van der Waals surface area contributed by atoms with Crippen molar-refractivity contribution in [3.05, 3.63) is 63.6 Å². The number of aliphatic hydroxyl groups is 1. The van der Waals surface area contributed by atoms with E-state index in [1.807, 2.05) is 19.1 Å². The van der Waals surface area contributed by atoms with Crippen molar-refractivity contribution >= 4 is 23.0 Å². The van der Waals surface area contributed by atoms with Crippen molar-refractivity contribution in [3.63, 3.8) is 0 Å². The third-order valence-corrected chi connectivity index (χ3v) is 5.89. The second-order valence-corrected chi connectivity index (χ2v) is 8.84. The lowest BCUT2D eigenvalue weighted by Crippen LogP contribution is -2.49. The van der Waals surface area contributed by atoms with Crippen LogP contribution in [-0.2, 0) is 16.0 Å². The van der Waals surface area contributed by atoms with Crippen molar-refractivity contribution in [3.8, 4) is 11.1 Å². The van der Waals surface area contributed by atoms with Crippen LogP contribution in [-0.4, -0.2) is 22.1 Å². The van der Waals surface area contributed by atoms with Crippen molar-refractivity contribution in [2.24, 2.45) is 0 Å². The summed E-state index contributed by atoms with van der Waals surface area (Å²) in [6.45, 7) is 10.5. The standard InChI is InChI=1S/C24H26ClFO3/c1-7-14-8-9-15(16-10-11-18(25)13(2)20(16)26)12-17(14)19-21(27)23(3,4)29-24(5,6)22(19)28/h8-12,27H,7H2,1-6H3. The Morgan fingerprint density at radius 1 is 1.07 bits per heavy atom. The summed E-state index contributed by atoms with van der Waals surface area (Å²) in [5.41, 5.74) is 1.00. The zero-order chi connectivity index (χ0) is 21.7. The van der Waals surface area contributed by atoms with E-state index in [4.69, 9.17) is 16.3 Å². The van der Waals surface area contributed by atoms with E-state index in [0.29, 0.717) is 33.7 Å². The van der Waals surface area contributed by atoms with Crippen molar-refractivity contribution in [1.29, 1.82) is 0 Å². The molecule has 2 aromatic rings. The molecule has 0 fully saturated rings. The minimum Gasteiger partial charge on any atom is -0.508 e. The predicted molar refractivity (Wildman–Crippen MR) is 115 cm³/mol. The fraction of sp³-hybridized carbons (Fsp3) is 0.375. The van der Waals surface area contributed by atoms with Gasteiger partial charge < -0.3 is 9.84 Å². The summed E-state index contributed by atoms with van der Waals surface area (Å²) in [7, 11) is 0. The van der Waals surface area contributed by atoms with Gasteiger partial charge in [-0.1, -0.05) is 30.7 Å². The van der Waals surface area contributed by atoms with Crippen molar-refractivity contribution in [2.75, 3.05) is 0 Å². The summed E-state index contributed by atoms with van der Waals surface area (Å²) < 4.78 is 20.7. The van der Waals surface area contributed by atoms with Gasteiger partial charge in [0, 0.05) is 16.1 Å². The number of hydrogen-bond donors (Lipinski definition) is 1. The van der Waals surface area contributed by atoms with Crippen LogP contribution in [0, 0.1) is 12.7 Å². The first-order valence-corrected chi connectivity index (χ1v) is 10.1. The largest absolute Gasteiger partial charge is 0.508 e. The van der Waals surface area contributed by atoms with E-state index in [1.165, 1.54) is 0 Å². The quantitative estimate of drug-likeness (QED) is 0.626. The number of hydrogen-bond acceptors (Lipinski definition) is 3. The van der Waals surface area contributed by atoms with Crippen LogP contribution in [0.25, 0.3) is 16.7 Å². The number of aryl methyl sites for hydroxylation is 1. The minimum atomic E-state index is -1.09. The Labute approximate surface area is 176 Å². The molecule has 3 nitrogen and oxygen atoms in total. The summed E-state index contributed by atoms with van der Waals surface area (Å²) in [4.78, 5) is 13.2. The lowest BCUT2D eigenvalue weighted by atomic mass is 9.80. The van der Waals surface area contributed by atoms with E-state index in [2.05, 4.69) is 0 Å². The molecule has 0 amide bonds. The SMILES string of the molecule is CCc1ccc(-c2ccc(Cl)c(C)c2F)cc1C1=C(O)C(C)(C)OC(C)(C)C1=O. The van der Waals surface area contributed by atoms with Gasteiger partial charge >= 0.3 is 0 Å². The fourth-order valence-electron chi connectivity index (χ4n) is 3.86. The monoisotopic (exact) mass is 416 g/mol. The van der Waals surface area contributed by atoms with Gasteiger partial charge in [0.05, 0.1) is 5.57 Å². The van der Waals surface area contributed by atoms with E-state index < -0.39 is 17.0 Å². The number of ether oxygens (including phenoxy) is 1. The Morgan fingerprint density at radius 3 is 2.34 bits per heavy atom. The summed E-state index contributed by atoms with van der Waals surface area (Å²) in [5, 5.41) is 11.3. The Hall–Kier alpha value is -2.17. The average molecular weight is 417 g/mol. The van der Waals surface area contributed by atoms with Crippen LogP contribution >= 0.6 is 11.6 Å². The van der Waals surface area contributed by atoms with E-state index in [0.717, 1.165) is 5.56 Å². The first-order chi connectivity index (χ1) is 13.4. The van der Waals surface area contributed by atoms with Crippen LogP contribution in [0.15, 0.2) is 36.1 Å². The third-order valence-electron chi connectivity index (χ3n) is 5.48. The third kappa shape index (κ3) is 3.60. The van der Waals surface area contributed by atoms with Crippen molar-refractivity contribution in [1.82, 2.24) is 0 Å². The molecule has 1 N–H and O–H groups in total. The van der Waals surface area contributed by atoms with Gasteiger partial charge in [-0.15, -0.1) is 0 Å². The van der Waals surface area contributed by atoms with Gasteiger partial charge in [0.1, 0.15) is 22.8 Å². The Balaban J connectivity index is 2.29. The molecular weight excluding hydrogens is 391 g/mol. The van der Waals surface area contributed by atoms with Crippen LogP contribution in [0.2, 0.25) is 5.02 Å². The Kier molecular flexibility index (Phi) is 5.39. The zero-order valence-electron chi connectivity index (χ0n) is 17.6. The molecule has 0 spiro atoms. The van der Waals surface area contributed by atoms with Gasteiger partial charge in [-0.05, 0) is 75.9 Å². The number of carbonyl (C=O) groups is 1. The molecule has 2 aromatic carbocycles. The van der Waals surface area contributed by atoms with Crippen molar-refractivity contribution < 1.29 is 19.0 Å². The number of aliphatic hydroxyl groups excluding tert-OH is 1. The van der Waals surface area contributed by atoms with E-state index in [1.54, 1.807) is 52.8 Å². The van der Waals surface area contributed by atoms with Crippen LogP contribution in [0.4, 0.5) is 4.39 Å². The molecule has 0 saturated carbocycles. The number of benzene rings is 2. The van der Waals surface area contributed by atoms with Crippen LogP contribution < -0.4 is 0 Å². The van der Waals surface area contributed by atoms with Gasteiger partial charge in [0.15, 0.2) is 5.78 Å². The van der Waals surface area contributed by atoms with Gasteiger partial charge in [-0.2, -0.15) is 0 Å². The van der Waals surface area contributed by atoms with Crippen LogP contribution in [0.1, 0.15) is 51.3 Å². The number of carbonyl (C=O) groups excluding carboxylic acids is 1. The average Bonchev–Trinajstić information content (AvgIpc) is 2.64. The Morgan fingerprint density at radius 2 is 1.72 bits per heavy atom. The summed E-state index contributed by atoms with van der Waals surface area (Å²) >= 11 is 6.04. The zero-order valence-corrected chi connectivity index (χ0v) is 18.4. The second-order valence-electron chi connectivity index (χ2n) is 8.43. The predicted octanol–water partition coefficient (Wildman–Crippen LogP) is 6.44. The molecule has 0 radical (unpaired) electrons. The maximum absolute atomic E-state index is 14.9. The maximum atomic E-state index is 14.9. The van der Waals surface area contributed by atoms with E-state index in [-0.39, 0.29) is 17.1 Å². The topological polar surface area (TPSA) is 46.5 Å². The van der Waals surface area contributed by atoms with Crippen LogP contribution in [0.3, 0.4) is 0 Å². The first-order valence-electron chi connectivity index (χ1n) is 9.67. The molecule has 0 aliphatic carbocycles. The summed E-state index contributed by atoms with van der Waals surface area (Å²) in [6.07, 6.45) is 0.656. The van der Waals surface area contributed by atoms with Gasteiger partial charge in [0.2, 0.25) is 0 Å². The fourth-order valence-corrected chi connectivity index (χ4v) is 4.01. The highest BCUT2D eigenvalue weighted by atomic mass is 35.5. The normalized spacial score (nSPS) is 18.3. The first kappa shape index (κ1) is 21.5. The molecular formula is C24H26ClFO3. The lowest BCUT2D eigenvalue weighted by Gasteiger charge is -2.40. The number of halogens is 2. The molecule has 0 atom stereocenters. The molecule has 0 bridgehead atoms. The van der Waals surface area contributed by atoms with Gasteiger partial charge in [-0.3, -0.25) is 4.79 Å². The molecule has 1 aliphatic rings. The molecule has 154 valence electrons. The number of rotatable bonds is 3. The molecule has 5 heteroatoms. The highest BCUT2D eigenvalue weighted by molar-refractivity contribution is 6.31. The smallest absolute Gasteiger partial charge is 0.198 e. The minimum absolute atomic E-state index is 0.110. The molecule has 1 heterocycles. The number of Topliss-reactive ketones (excluding diaryl/α,β-unsaturated/α-hetero) is 1. The van der Waals surface area contributed by atoms with Crippen LogP contribution in [0.5, 0.6) is 0 Å². The van der Waals surface area contributed by atoms with Crippen molar-refractivity contribution in [2.45, 2.75) is 59.2 Å². The summed E-state index contributed by atoms with van der Waals surface area (Å²) in [5.74, 6) is -0.805. The molecule has 1 aliphatic heterocycles. The van der Waals surface area contributed by atoms with E-state index in [9.17, 15) is 14.3 Å². The second kappa shape index (κ2) is 7.26.